The van der Waals surface area contributed by atoms with Crippen molar-refractivity contribution in [2.24, 2.45) is 0 Å². The first kappa shape index (κ1) is 15.2. The third-order valence-electron chi connectivity index (χ3n) is 2.51. The number of esters is 1. The molecule has 0 aliphatic carbocycles. The molecule has 0 aliphatic rings. The van der Waals surface area contributed by atoms with Gasteiger partial charge in [-0.15, -0.1) is 0 Å². The molecule has 21 heavy (non-hydrogen) atoms. The quantitative estimate of drug-likeness (QED) is 0.671. The van der Waals surface area contributed by atoms with E-state index in [1.165, 1.54) is 12.3 Å². The second kappa shape index (κ2) is 6.53. The number of aromatic nitrogens is 1. The van der Waals surface area contributed by atoms with Gasteiger partial charge in [-0.2, -0.15) is 0 Å². The number of nitrogens with zero attached hydrogens (tertiary/aromatic N) is 1. The van der Waals surface area contributed by atoms with Crippen molar-refractivity contribution >= 4 is 27.6 Å². The Balaban J connectivity index is 2.35. The maximum absolute atomic E-state index is 13.9. The molecule has 0 saturated carbocycles. The van der Waals surface area contributed by atoms with Gasteiger partial charge in [0.15, 0.2) is 11.6 Å². The van der Waals surface area contributed by atoms with Crippen molar-refractivity contribution in [2.45, 2.75) is 6.92 Å². The predicted octanol–water partition coefficient (Wildman–Crippen LogP) is 3.53. The summed E-state index contributed by atoms with van der Waals surface area (Å²) < 4.78 is 24.8. The summed E-state index contributed by atoms with van der Waals surface area (Å²) in [5, 5.41) is 0. The Morgan fingerprint density at radius 3 is 2.81 bits per heavy atom. The molecule has 2 rings (SSSR count). The van der Waals surface area contributed by atoms with Crippen LogP contribution in [0, 0.1) is 5.82 Å². The number of hydrogen-bond acceptors (Lipinski definition) is 5. The third kappa shape index (κ3) is 3.69. The highest BCUT2D eigenvalue weighted by molar-refractivity contribution is 9.10. The molecule has 0 unspecified atom stereocenters. The number of nitrogens with two attached hydrogens (primary N) is 1. The minimum absolute atomic E-state index is 0.00864. The number of benzene rings is 1. The van der Waals surface area contributed by atoms with E-state index in [9.17, 15) is 9.18 Å². The van der Waals surface area contributed by atoms with Gasteiger partial charge in [0.25, 0.3) is 0 Å². The molecule has 5 nitrogen and oxygen atoms in total. The number of carbonyl (C=O) groups excluding carboxylic acids is 1. The summed E-state index contributed by atoms with van der Waals surface area (Å²) in [6.07, 6.45) is 2.99. The van der Waals surface area contributed by atoms with Crippen LogP contribution in [0.4, 0.5) is 10.1 Å². The van der Waals surface area contributed by atoms with E-state index in [0.717, 1.165) is 6.07 Å². The lowest BCUT2D eigenvalue weighted by molar-refractivity contribution is 0.0527. The number of rotatable bonds is 4. The van der Waals surface area contributed by atoms with Crippen molar-refractivity contribution in [3.8, 4) is 11.5 Å². The summed E-state index contributed by atoms with van der Waals surface area (Å²) >= 11 is 3.23. The molecule has 0 fully saturated rings. The van der Waals surface area contributed by atoms with E-state index in [1.54, 1.807) is 19.2 Å². The Labute approximate surface area is 129 Å². The van der Waals surface area contributed by atoms with Crippen LogP contribution in [0.5, 0.6) is 11.5 Å². The average Bonchev–Trinajstić information content (AvgIpc) is 2.42. The summed E-state index contributed by atoms with van der Waals surface area (Å²) in [7, 11) is 0. The van der Waals surface area contributed by atoms with Crippen LogP contribution < -0.4 is 10.5 Å². The van der Waals surface area contributed by atoms with E-state index in [2.05, 4.69) is 20.9 Å². The lowest BCUT2D eigenvalue weighted by atomic mass is 10.1. The summed E-state index contributed by atoms with van der Waals surface area (Å²) in [6.45, 7) is 1.86. The highest BCUT2D eigenvalue weighted by atomic mass is 79.9. The summed E-state index contributed by atoms with van der Waals surface area (Å²) in [5.41, 5.74) is 5.67. The normalized spacial score (nSPS) is 10.2. The van der Waals surface area contributed by atoms with Crippen LogP contribution in [0.1, 0.15) is 17.3 Å². The zero-order valence-electron chi connectivity index (χ0n) is 11.1. The van der Waals surface area contributed by atoms with E-state index in [-0.39, 0.29) is 23.6 Å². The number of pyridine rings is 1. The molecule has 1 aromatic carbocycles. The van der Waals surface area contributed by atoms with Gasteiger partial charge in [-0.05, 0) is 28.9 Å². The molecule has 0 radical (unpaired) electrons. The second-order valence-corrected chi connectivity index (χ2v) is 4.95. The maximum Gasteiger partial charge on any atom is 0.340 e. The molecule has 0 atom stereocenters. The van der Waals surface area contributed by atoms with Crippen LogP contribution in [0.25, 0.3) is 0 Å². The summed E-state index contributed by atoms with van der Waals surface area (Å²) in [6, 6.07) is 3.85. The van der Waals surface area contributed by atoms with Crippen LogP contribution in [0.2, 0.25) is 0 Å². The number of carbonyl (C=O) groups is 1. The molecule has 0 spiro atoms. The van der Waals surface area contributed by atoms with Gasteiger partial charge < -0.3 is 15.2 Å². The number of hydrogen-bond donors (Lipinski definition) is 1. The van der Waals surface area contributed by atoms with Crippen molar-refractivity contribution in [3.63, 3.8) is 0 Å². The minimum atomic E-state index is -0.680. The Bertz CT molecular complexity index is 679. The van der Waals surface area contributed by atoms with Crippen molar-refractivity contribution in [3.05, 3.63) is 46.4 Å². The standard InChI is InChI=1S/C14H12BrFN2O3/c1-2-20-14(19)10-4-13(11(16)5-12(10)17)21-9-3-8(15)6-18-7-9/h3-7H,2,17H2,1H3. The largest absolute Gasteiger partial charge is 0.462 e. The van der Waals surface area contributed by atoms with Crippen LogP contribution in [-0.4, -0.2) is 17.6 Å². The Kier molecular flexibility index (Phi) is 4.74. The molecule has 2 N–H and O–H groups in total. The zero-order chi connectivity index (χ0) is 15.4. The first-order valence-corrected chi connectivity index (χ1v) is 6.85. The first-order chi connectivity index (χ1) is 10.0. The molecule has 2 aromatic rings. The first-order valence-electron chi connectivity index (χ1n) is 6.05. The molecule has 0 amide bonds. The SMILES string of the molecule is CCOC(=O)c1cc(Oc2cncc(Br)c2)c(F)cc1N. The fourth-order valence-corrected chi connectivity index (χ4v) is 1.95. The Morgan fingerprint density at radius 2 is 2.14 bits per heavy atom. The van der Waals surface area contributed by atoms with Gasteiger partial charge in [-0.1, -0.05) is 0 Å². The molecular formula is C14H12BrFN2O3. The van der Waals surface area contributed by atoms with Crippen LogP contribution in [-0.2, 0) is 4.74 Å². The molecular weight excluding hydrogens is 343 g/mol. The van der Waals surface area contributed by atoms with Crippen LogP contribution >= 0.6 is 15.9 Å². The van der Waals surface area contributed by atoms with E-state index in [1.807, 2.05) is 0 Å². The van der Waals surface area contributed by atoms with Gasteiger partial charge >= 0.3 is 5.97 Å². The highest BCUT2D eigenvalue weighted by Crippen LogP contribution is 2.29. The van der Waals surface area contributed by atoms with E-state index in [0.29, 0.717) is 10.2 Å². The van der Waals surface area contributed by atoms with Crippen LogP contribution in [0.15, 0.2) is 35.1 Å². The highest BCUT2D eigenvalue weighted by Gasteiger charge is 2.16. The Hall–Kier alpha value is -2.15. The molecule has 1 aromatic heterocycles. The zero-order valence-corrected chi connectivity index (χ0v) is 12.7. The fraction of sp³-hybridized carbons (Fsp3) is 0.143. The van der Waals surface area contributed by atoms with Crippen molar-refractivity contribution in [1.29, 1.82) is 0 Å². The van der Waals surface area contributed by atoms with Gasteiger partial charge in [0, 0.05) is 28.5 Å². The van der Waals surface area contributed by atoms with Crippen molar-refractivity contribution < 1.29 is 18.7 Å². The lowest BCUT2D eigenvalue weighted by Gasteiger charge is -2.10. The van der Waals surface area contributed by atoms with Crippen molar-refractivity contribution in [2.75, 3.05) is 12.3 Å². The molecule has 0 saturated heterocycles. The van der Waals surface area contributed by atoms with E-state index < -0.39 is 11.8 Å². The fourth-order valence-electron chi connectivity index (χ4n) is 1.61. The Morgan fingerprint density at radius 1 is 1.38 bits per heavy atom. The molecule has 1 heterocycles. The summed E-state index contributed by atoms with van der Waals surface area (Å²) in [5.74, 6) is -1.12. The van der Waals surface area contributed by atoms with E-state index >= 15 is 0 Å². The second-order valence-electron chi connectivity index (χ2n) is 4.03. The third-order valence-corrected chi connectivity index (χ3v) is 2.94. The van der Waals surface area contributed by atoms with Gasteiger partial charge in [0.1, 0.15) is 5.75 Å². The number of anilines is 1. The topological polar surface area (TPSA) is 74.4 Å². The van der Waals surface area contributed by atoms with Gasteiger partial charge in [0.2, 0.25) is 0 Å². The predicted molar refractivity (Wildman–Crippen MR) is 78.8 cm³/mol. The van der Waals surface area contributed by atoms with Crippen molar-refractivity contribution in [1.82, 2.24) is 4.98 Å². The lowest BCUT2D eigenvalue weighted by Crippen LogP contribution is -2.09. The van der Waals surface area contributed by atoms with Gasteiger partial charge in [0.05, 0.1) is 18.4 Å². The van der Waals surface area contributed by atoms with Gasteiger partial charge in [-0.3, -0.25) is 4.98 Å². The number of nitrogen functional groups attached to an aromatic ring is 1. The smallest absolute Gasteiger partial charge is 0.340 e. The summed E-state index contributed by atoms with van der Waals surface area (Å²) in [4.78, 5) is 15.6. The van der Waals surface area contributed by atoms with Gasteiger partial charge in [-0.25, -0.2) is 9.18 Å². The molecule has 0 bridgehead atoms. The van der Waals surface area contributed by atoms with E-state index in [4.69, 9.17) is 15.2 Å². The minimum Gasteiger partial charge on any atom is -0.462 e. The molecule has 7 heteroatoms. The van der Waals surface area contributed by atoms with Crippen LogP contribution in [0.3, 0.4) is 0 Å². The number of ether oxygens (including phenoxy) is 2. The average molecular weight is 355 g/mol. The number of halogens is 2. The maximum atomic E-state index is 13.9. The molecule has 0 aliphatic heterocycles. The molecule has 110 valence electrons. The monoisotopic (exact) mass is 354 g/mol.